The maximum atomic E-state index is 14.6. The van der Waals surface area contributed by atoms with Gasteiger partial charge in [0.05, 0.1) is 64.5 Å². The highest BCUT2D eigenvalue weighted by Crippen LogP contribution is 2.44. The predicted molar refractivity (Wildman–Crippen MR) is 208 cm³/mol. The second-order valence-electron chi connectivity index (χ2n) is 12.2. The highest BCUT2D eigenvalue weighted by atomic mass is 32.2. The summed E-state index contributed by atoms with van der Waals surface area (Å²) < 4.78 is 8.68. The number of aromatic nitrogens is 2. The Labute approximate surface area is 310 Å². The normalized spacial score (nSPS) is 11.6. The van der Waals surface area contributed by atoms with Gasteiger partial charge in [0.1, 0.15) is 9.92 Å². The van der Waals surface area contributed by atoms with Crippen LogP contribution in [-0.4, -0.2) is 39.7 Å². The first-order chi connectivity index (χ1) is 25.1. The maximum Gasteiger partial charge on any atom is 0.350 e. The summed E-state index contributed by atoms with van der Waals surface area (Å²) in [5.41, 5.74) is -3.17. The summed E-state index contributed by atoms with van der Waals surface area (Å²) in [5, 5.41) is 20.2. The van der Waals surface area contributed by atoms with Crippen LogP contribution in [0.15, 0.2) is 19.2 Å². The van der Waals surface area contributed by atoms with E-state index >= 15 is 0 Å². The summed E-state index contributed by atoms with van der Waals surface area (Å²) in [7, 11) is 1.14. The first kappa shape index (κ1) is 37.2. The Morgan fingerprint density at radius 2 is 1.12 bits per heavy atom. The van der Waals surface area contributed by atoms with Crippen LogP contribution >= 0.6 is 45.3 Å². The quantitative estimate of drug-likeness (QED) is 0.0751. The lowest BCUT2D eigenvalue weighted by Crippen LogP contribution is -2.36. The number of rotatable bonds is 13. The van der Waals surface area contributed by atoms with E-state index in [9.17, 15) is 39.1 Å². The van der Waals surface area contributed by atoms with Crippen molar-refractivity contribution in [3.05, 3.63) is 60.5 Å². The van der Waals surface area contributed by atoms with Crippen LogP contribution in [0.1, 0.15) is 65.2 Å². The lowest BCUT2D eigenvalue weighted by molar-refractivity contribution is -0.133. The number of ketones is 1. The number of aliphatic hydroxyl groups is 1. The molecule has 16 heteroatoms. The number of methoxy groups -OCH3 is 1. The molecule has 0 fully saturated rings. The molecular formula is C36H32N4O8S4. The van der Waals surface area contributed by atoms with Gasteiger partial charge in [-0.05, 0) is 12.8 Å². The highest BCUT2D eigenvalue weighted by molar-refractivity contribution is 7.38. The molecule has 52 heavy (non-hydrogen) atoms. The molecule has 0 spiro atoms. The molecule has 0 radical (unpaired) electrons. The summed E-state index contributed by atoms with van der Waals surface area (Å²) in [5.74, 6) is -1.72. The number of esters is 1. The molecule has 4 aromatic heterocycles. The fraction of sp³-hybridized carbons (Fsp3) is 0.389. The monoisotopic (exact) mass is 776 g/mol. The van der Waals surface area contributed by atoms with Crippen LogP contribution in [0, 0.1) is 17.9 Å². The maximum absolute atomic E-state index is 14.6. The molecule has 6 rings (SSSR count). The van der Waals surface area contributed by atoms with E-state index in [1.54, 1.807) is 0 Å². The van der Waals surface area contributed by atoms with Crippen molar-refractivity contribution in [3.8, 4) is 6.07 Å². The minimum absolute atomic E-state index is 0.0738. The van der Waals surface area contributed by atoms with Gasteiger partial charge >= 0.3 is 5.97 Å². The molecule has 0 amide bonds. The third-order valence-electron chi connectivity index (χ3n) is 9.07. The predicted octanol–water partition coefficient (Wildman–Crippen LogP) is 4.78. The summed E-state index contributed by atoms with van der Waals surface area (Å²) in [6.07, 6.45) is 6.22. The van der Waals surface area contributed by atoms with Crippen LogP contribution < -0.4 is 29.9 Å². The van der Waals surface area contributed by atoms with Crippen LogP contribution in [0.3, 0.4) is 0 Å². The van der Waals surface area contributed by atoms with Gasteiger partial charge in [0, 0.05) is 23.9 Å². The van der Waals surface area contributed by atoms with Gasteiger partial charge < -0.3 is 14.6 Å². The summed E-state index contributed by atoms with van der Waals surface area (Å²) in [4.78, 5) is 87.1. The Kier molecular flexibility index (Phi) is 10.9. The number of pyridine rings is 2. The summed E-state index contributed by atoms with van der Waals surface area (Å²) >= 11 is 3.85. The lowest BCUT2D eigenvalue weighted by Gasteiger charge is -2.16. The molecule has 0 saturated heterocycles. The van der Waals surface area contributed by atoms with E-state index in [0.29, 0.717) is 22.2 Å². The van der Waals surface area contributed by atoms with Crippen LogP contribution in [0.2, 0.25) is 0 Å². The van der Waals surface area contributed by atoms with E-state index < -0.39 is 40.6 Å². The number of aliphatic hydroxyl groups excluding tert-OH is 1. The number of nitrogens with zero attached hydrogens (tertiary/aromatic N) is 4. The molecule has 4 heterocycles. The molecule has 0 atom stereocenters. The Morgan fingerprint density at radius 3 is 1.44 bits per heavy atom. The minimum Gasteiger partial charge on any atom is -0.465 e. The zero-order valence-corrected chi connectivity index (χ0v) is 31.8. The largest absolute Gasteiger partial charge is 0.465 e. The SMILES string of the molecule is [C-]#[N+]C(C(=O)CO)=c1sc2c(s1)c1c(=O)n(CCCCCC)c(=O)c3c4sc(=C(C#N)C(=O)OC)sc4c4c(=O)n(CCCCCC)c(=O)c2c4c31. The molecule has 0 aliphatic rings. The van der Waals surface area contributed by atoms with Crippen molar-refractivity contribution in [1.82, 2.24) is 9.13 Å². The first-order valence-electron chi connectivity index (χ1n) is 16.8. The van der Waals surface area contributed by atoms with Crippen molar-refractivity contribution in [2.75, 3.05) is 13.7 Å². The highest BCUT2D eigenvalue weighted by Gasteiger charge is 2.30. The lowest BCUT2D eigenvalue weighted by atomic mass is 9.96. The Balaban J connectivity index is 1.97. The molecule has 0 bridgehead atoms. The van der Waals surface area contributed by atoms with E-state index in [-0.39, 0.29) is 73.8 Å². The number of carbonyl (C=O) groups is 2. The third-order valence-corrected chi connectivity index (χ3v) is 14.3. The van der Waals surface area contributed by atoms with E-state index in [0.717, 1.165) is 100 Å². The fourth-order valence-electron chi connectivity index (χ4n) is 6.57. The molecule has 0 aliphatic carbocycles. The Morgan fingerprint density at radius 1 is 0.712 bits per heavy atom. The van der Waals surface area contributed by atoms with Crippen LogP contribution in [0.5, 0.6) is 0 Å². The summed E-state index contributed by atoms with van der Waals surface area (Å²) in [6, 6.07) is 1.89. The van der Waals surface area contributed by atoms with E-state index in [4.69, 9.17) is 11.3 Å². The molecule has 0 saturated carbocycles. The van der Waals surface area contributed by atoms with Crippen LogP contribution in [0.25, 0.3) is 67.2 Å². The Bertz CT molecular complexity index is 2580. The van der Waals surface area contributed by atoms with Gasteiger partial charge in [0.2, 0.25) is 0 Å². The standard InChI is InChI=1S/C36H32N4O8S4/c1-5-7-9-11-13-39-30(43)21-19-20-22(27-26(21)49-35(50-27)17(15-37)34(47)48-4)31(44)40(14-12-10-8-6-2)33(46)24(20)29-28(23(19)32(39)45)51-36(52-29)25(38-3)18(42)16-41/h41H,5-14,16H2,1-2,4H3. The molecule has 6 aromatic rings. The van der Waals surface area contributed by atoms with Crippen molar-refractivity contribution in [2.24, 2.45) is 0 Å². The van der Waals surface area contributed by atoms with E-state index in [1.807, 2.05) is 19.9 Å². The minimum atomic E-state index is -0.917. The zero-order chi connectivity index (χ0) is 37.4. The smallest absolute Gasteiger partial charge is 0.350 e. The van der Waals surface area contributed by atoms with Gasteiger partial charge in [-0.25, -0.2) is 9.64 Å². The fourth-order valence-corrected chi connectivity index (χ4v) is 12.1. The first-order valence-corrected chi connectivity index (χ1v) is 20.0. The van der Waals surface area contributed by atoms with Gasteiger partial charge in [-0.3, -0.25) is 28.3 Å². The number of ether oxygens (including phenoxy) is 1. The molecule has 1 N–H and O–H groups in total. The average Bonchev–Trinajstić information content (AvgIpc) is 3.77. The molecule has 2 aromatic carbocycles. The van der Waals surface area contributed by atoms with Gasteiger partial charge in [-0.1, -0.05) is 52.4 Å². The van der Waals surface area contributed by atoms with Gasteiger partial charge in [0.25, 0.3) is 27.9 Å². The molecular weight excluding hydrogens is 745 g/mol. The van der Waals surface area contributed by atoms with Crippen LogP contribution in [0.4, 0.5) is 0 Å². The molecule has 0 unspecified atom stereocenters. The number of hydrogen-bond acceptors (Lipinski definition) is 13. The van der Waals surface area contributed by atoms with E-state index in [2.05, 4.69) is 4.85 Å². The number of Topliss-reactive ketones (excluding diaryl/α,β-unsaturated/α-hetero) is 1. The number of hydrogen-bond donors (Lipinski definition) is 1. The summed E-state index contributed by atoms with van der Waals surface area (Å²) in [6.45, 7) is 11.1. The van der Waals surface area contributed by atoms with Crippen molar-refractivity contribution in [2.45, 2.75) is 78.3 Å². The molecule has 268 valence electrons. The van der Waals surface area contributed by atoms with Gasteiger partial charge in [-0.2, -0.15) is 5.26 Å². The van der Waals surface area contributed by atoms with Gasteiger partial charge in [-0.15, -0.1) is 45.3 Å². The number of benzene rings is 2. The van der Waals surface area contributed by atoms with Crippen molar-refractivity contribution < 1.29 is 19.4 Å². The number of unbranched alkanes of at least 4 members (excludes halogenated alkanes) is 6. The topological polar surface area (TPSA) is 170 Å². The van der Waals surface area contributed by atoms with E-state index in [1.165, 1.54) is 0 Å². The third kappa shape index (κ3) is 5.88. The second kappa shape index (κ2) is 15.2. The van der Waals surface area contributed by atoms with Crippen LogP contribution in [-0.2, 0) is 27.4 Å². The number of carbonyl (C=O) groups excluding carboxylic acids is 2. The second-order valence-corrected chi connectivity index (χ2v) is 16.8. The molecule has 12 nitrogen and oxygen atoms in total. The van der Waals surface area contributed by atoms with Crippen molar-refractivity contribution >= 4 is 119 Å². The number of nitriles is 1. The van der Waals surface area contributed by atoms with Crippen molar-refractivity contribution in [1.29, 1.82) is 5.26 Å². The van der Waals surface area contributed by atoms with Gasteiger partial charge in [0.15, 0.2) is 11.4 Å². The zero-order valence-electron chi connectivity index (χ0n) is 28.5. The van der Waals surface area contributed by atoms with Crippen molar-refractivity contribution in [3.63, 3.8) is 0 Å². The number of fused-ring (bicyclic) bond motifs is 6. The Hall–Kier alpha value is -4.58. The average molecular weight is 777 g/mol. The molecule has 0 aliphatic heterocycles.